The molecule has 0 saturated heterocycles. The number of methoxy groups -OCH3 is 2. The van der Waals surface area contributed by atoms with Crippen molar-refractivity contribution in [2.45, 2.75) is 19.1 Å². The van der Waals surface area contributed by atoms with Crippen LogP contribution in [0.3, 0.4) is 0 Å². The van der Waals surface area contributed by atoms with Gasteiger partial charge < -0.3 is 19.6 Å². The normalized spacial score (nSPS) is 16.4. The van der Waals surface area contributed by atoms with Gasteiger partial charge in [-0.15, -0.1) is 0 Å². The Hall–Kier alpha value is -2.53. The second-order valence-corrected chi connectivity index (χ2v) is 5.66. The Kier molecular flexibility index (Phi) is 5.33. The van der Waals surface area contributed by atoms with Crippen LogP contribution in [0.15, 0.2) is 53.7 Å². The highest BCUT2D eigenvalue weighted by Crippen LogP contribution is 2.29. The van der Waals surface area contributed by atoms with E-state index in [1.807, 2.05) is 36.4 Å². The van der Waals surface area contributed by atoms with Crippen molar-refractivity contribution in [1.29, 1.82) is 0 Å². The first kappa shape index (κ1) is 16.3. The van der Waals surface area contributed by atoms with E-state index < -0.39 is 0 Å². The number of oxime groups is 1. The van der Waals surface area contributed by atoms with Crippen LogP contribution in [-0.2, 0) is 11.4 Å². The van der Waals surface area contributed by atoms with E-state index in [1.165, 1.54) is 5.56 Å². The van der Waals surface area contributed by atoms with Crippen molar-refractivity contribution in [1.82, 2.24) is 5.32 Å². The molecule has 5 heteroatoms. The van der Waals surface area contributed by atoms with E-state index in [1.54, 1.807) is 14.2 Å². The lowest BCUT2D eigenvalue weighted by Gasteiger charge is -2.10. The van der Waals surface area contributed by atoms with Gasteiger partial charge in [0.05, 0.1) is 19.9 Å². The summed E-state index contributed by atoms with van der Waals surface area (Å²) < 4.78 is 10.6. The van der Waals surface area contributed by atoms with Crippen LogP contribution in [0.4, 0.5) is 0 Å². The molecule has 1 aliphatic heterocycles. The SMILES string of the molecule is COc1ccc(C2=NO[C@@H](CNCc3ccccc3)C2)cc1OC. The van der Waals surface area contributed by atoms with E-state index in [2.05, 4.69) is 22.6 Å². The molecule has 0 amide bonds. The second-order valence-electron chi connectivity index (χ2n) is 5.66. The van der Waals surface area contributed by atoms with Crippen LogP contribution in [0.25, 0.3) is 0 Å². The van der Waals surface area contributed by atoms with E-state index in [9.17, 15) is 0 Å². The van der Waals surface area contributed by atoms with Crippen molar-refractivity contribution in [3.63, 3.8) is 0 Å². The molecule has 0 saturated carbocycles. The molecule has 2 aromatic rings. The predicted octanol–water partition coefficient (Wildman–Crippen LogP) is 2.99. The largest absolute Gasteiger partial charge is 0.493 e. The summed E-state index contributed by atoms with van der Waals surface area (Å²) in [5.74, 6) is 1.41. The first-order chi connectivity index (χ1) is 11.8. The molecule has 1 heterocycles. The fourth-order valence-electron chi connectivity index (χ4n) is 2.70. The van der Waals surface area contributed by atoms with Gasteiger partial charge in [-0.2, -0.15) is 0 Å². The van der Waals surface area contributed by atoms with Crippen LogP contribution in [0.1, 0.15) is 17.5 Å². The van der Waals surface area contributed by atoms with Crippen LogP contribution >= 0.6 is 0 Å². The van der Waals surface area contributed by atoms with Crippen molar-refractivity contribution in [2.75, 3.05) is 20.8 Å². The molecule has 0 fully saturated rings. The maximum absolute atomic E-state index is 5.54. The van der Waals surface area contributed by atoms with E-state index in [0.29, 0.717) is 11.5 Å². The zero-order valence-electron chi connectivity index (χ0n) is 14.0. The molecule has 2 aromatic carbocycles. The molecule has 0 spiro atoms. The highest BCUT2D eigenvalue weighted by molar-refractivity contribution is 6.01. The summed E-state index contributed by atoms with van der Waals surface area (Å²) in [7, 11) is 3.26. The maximum Gasteiger partial charge on any atom is 0.161 e. The lowest BCUT2D eigenvalue weighted by molar-refractivity contribution is 0.0848. The molecule has 5 nitrogen and oxygen atoms in total. The number of hydrogen-bond acceptors (Lipinski definition) is 5. The van der Waals surface area contributed by atoms with Crippen LogP contribution in [0, 0.1) is 0 Å². The summed E-state index contributed by atoms with van der Waals surface area (Å²) in [6.07, 6.45) is 0.828. The maximum atomic E-state index is 5.54. The Balaban J connectivity index is 1.53. The minimum absolute atomic E-state index is 0.0526. The third-order valence-electron chi connectivity index (χ3n) is 3.99. The number of ether oxygens (including phenoxy) is 2. The molecule has 1 aliphatic rings. The molecule has 0 aliphatic carbocycles. The quantitative estimate of drug-likeness (QED) is 0.850. The fourth-order valence-corrected chi connectivity index (χ4v) is 2.70. The van der Waals surface area contributed by atoms with Gasteiger partial charge in [-0.3, -0.25) is 0 Å². The minimum atomic E-state index is 0.0526. The molecule has 0 bridgehead atoms. The summed E-state index contributed by atoms with van der Waals surface area (Å²) >= 11 is 0. The van der Waals surface area contributed by atoms with E-state index in [0.717, 1.165) is 30.8 Å². The van der Waals surface area contributed by atoms with Gasteiger partial charge in [0.25, 0.3) is 0 Å². The molecule has 1 N–H and O–H groups in total. The number of hydrogen-bond donors (Lipinski definition) is 1. The van der Waals surface area contributed by atoms with Gasteiger partial charge in [-0.25, -0.2) is 0 Å². The number of nitrogens with zero attached hydrogens (tertiary/aromatic N) is 1. The van der Waals surface area contributed by atoms with Crippen molar-refractivity contribution in [3.8, 4) is 11.5 Å². The van der Waals surface area contributed by atoms with Crippen LogP contribution in [0.5, 0.6) is 11.5 Å². The predicted molar refractivity (Wildman–Crippen MR) is 93.7 cm³/mol. The van der Waals surface area contributed by atoms with Crippen molar-refractivity contribution < 1.29 is 14.3 Å². The molecule has 3 rings (SSSR count). The summed E-state index contributed by atoms with van der Waals surface area (Å²) in [5.41, 5.74) is 3.19. The summed E-state index contributed by atoms with van der Waals surface area (Å²) in [4.78, 5) is 5.54. The molecule has 126 valence electrons. The van der Waals surface area contributed by atoms with Crippen LogP contribution in [0.2, 0.25) is 0 Å². The Morgan fingerprint density at radius 3 is 2.62 bits per heavy atom. The molecular weight excluding hydrogens is 304 g/mol. The standard InChI is InChI=1S/C19H22N2O3/c1-22-18-9-8-15(10-19(18)23-2)17-11-16(24-21-17)13-20-12-14-6-4-3-5-7-14/h3-10,16,20H,11-13H2,1-2H3/t16-/m1/s1. The van der Waals surface area contributed by atoms with Gasteiger partial charge in [0.15, 0.2) is 11.5 Å². The Morgan fingerprint density at radius 2 is 1.88 bits per heavy atom. The fraction of sp³-hybridized carbons (Fsp3) is 0.316. The highest BCUT2D eigenvalue weighted by atomic mass is 16.6. The zero-order valence-corrected chi connectivity index (χ0v) is 14.0. The first-order valence-electron chi connectivity index (χ1n) is 8.00. The van der Waals surface area contributed by atoms with Crippen molar-refractivity contribution in [2.24, 2.45) is 5.16 Å². The lowest BCUT2D eigenvalue weighted by Crippen LogP contribution is -2.26. The minimum Gasteiger partial charge on any atom is -0.493 e. The van der Waals surface area contributed by atoms with E-state index in [4.69, 9.17) is 14.3 Å². The van der Waals surface area contributed by atoms with Gasteiger partial charge in [0.1, 0.15) is 6.10 Å². The number of rotatable bonds is 7. The Morgan fingerprint density at radius 1 is 1.08 bits per heavy atom. The molecule has 0 aromatic heterocycles. The van der Waals surface area contributed by atoms with E-state index in [-0.39, 0.29) is 6.10 Å². The number of nitrogens with one attached hydrogen (secondary N) is 1. The van der Waals surface area contributed by atoms with Crippen LogP contribution < -0.4 is 14.8 Å². The van der Waals surface area contributed by atoms with Crippen molar-refractivity contribution in [3.05, 3.63) is 59.7 Å². The second kappa shape index (κ2) is 7.84. The molecule has 0 radical (unpaired) electrons. The third kappa shape index (κ3) is 3.86. The van der Waals surface area contributed by atoms with Gasteiger partial charge in [0.2, 0.25) is 0 Å². The first-order valence-corrected chi connectivity index (χ1v) is 8.00. The Bertz CT molecular complexity index is 701. The van der Waals surface area contributed by atoms with Gasteiger partial charge in [-0.1, -0.05) is 35.5 Å². The van der Waals surface area contributed by atoms with Gasteiger partial charge >= 0.3 is 0 Å². The molecule has 0 unspecified atom stereocenters. The molecule has 1 atom stereocenters. The monoisotopic (exact) mass is 326 g/mol. The molecular formula is C19H22N2O3. The Labute approximate surface area is 142 Å². The number of benzene rings is 2. The van der Waals surface area contributed by atoms with E-state index >= 15 is 0 Å². The van der Waals surface area contributed by atoms with Gasteiger partial charge in [-0.05, 0) is 23.8 Å². The highest BCUT2D eigenvalue weighted by Gasteiger charge is 2.22. The van der Waals surface area contributed by atoms with Gasteiger partial charge in [0, 0.05) is 25.1 Å². The summed E-state index contributed by atoms with van der Waals surface area (Å²) in [5, 5.41) is 7.64. The topological polar surface area (TPSA) is 52.1 Å². The average Bonchev–Trinajstić information content (AvgIpc) is 3.11. The zero-order chi connectivity index (χ0) is 16.8. The molecule has 24 heavy (non-hydrogen) atoms. The van der Waals surface area contributed by atoms with Crippen molar-refractivity contribution >= 4 is 5.71 Å². The lowest BCUT2D eigenvalue weighted by atomic mass is 10.0. The third-order valence-corrected chi connectivity index (χ3v) is 3.99. The summed E-state index contributed by atoms with van der Waals surface area (Å²) in [6.45, 7) is 1.58. The summed E-state index contributed by atoms with van der Waals surface area (Å²) in [6, 6.07) is 16.1. The average molecular weight is 326 g/mol. The smallest absolute Gasteiger partial charge is 0.161 e. The van der Waals surface area contributed by atoms with Crippen LogP contribution in [-0.4, -0.2) is 32.6 Å².